The Morgan fingerprint density at radius 1 is 1.26 bits per heavy atom. The van der Waals surface area contributed by atoms with Crippen LogP contribution in [-0.2, 0) is 6.54 Å². The molecule has 7 heteroatoms. The lowest BCUT2D eigenvalue weighted by Gasteiger charge is -2.06. The zero-order chi connectivity index (χ0) is 13.2. The minimum absolute atomic E-state index is 0.475. The molecule has 0 radical (unpaired) electrons. The van der Waals surface area contributed by atoms with Gasteiger partial charge in [-0.1, -0.05) is 18.2 Å². The van der Waals surface area contributed by atoms with Crippen LogP contribution in [0.4, 0.5) is 0 Å². The number of nitrogens with two attached hydrogens (primary N) is 1. The Morgan fingerprint density at radius 3 is 2.95 bits per heavy atom. The average molecular weight is 319 g/mol. The number of nitrogens with zero attached hydrogens (tertiary/aromatic N) is 5. The van der Waals surface area contributed by atoms with Gasteiger partial charge in [-0.15, -0.1) is 5.10 Å². The first-order chi connectivity index (χ1) is 9.29. The molecular weight excluding hydrogens is 308 g/mol. The summed E-state index contributed by atoms with van der Waals surface area (Å²) < 4.78 is 2.52. The zero-order valence-electron chi connectivity index (χ0n) is 9.99. The second-order valence-corrected chi connectivity index (χ2v) is 4.88. The third-order valence-electron chi connectivity index (χ3n) is 2.76. The molecule has 96 valence electrons. The lowest BCUT2D eigenvalue weighted by molar-refractivity contribution is 0.602. The van der Waals surface area contributed by atoms with Crippen LogP contribution in [0.5, 0.6) is 0 Å². The number of tetrazole rings is 1. The van der Waals surface area contributed by atoms with Gasteiger partial charge in [-0.2, -0.15) is 0 Å². The number of hydrogen-bond donors (Lipinski definition) is 1. The molecule has 2 heterocycles. The van der Waals surface area contributed by atoms with Crippen LogP contribution in [0, 0.1) is 0 Å². The molecule has 0 aliphatic carbocycles. The van der Waals surface area contributed by atoms with Gasteiger partial charge in [0.05, 0.1) is 12.1 Å². The van der Waals surface area contributed by atoms with Crippen LogP contribution in [0.2, 0.25) is 0 Å². The van der Waals surface area contributed by atoms with E-state index in [1.165, 1.54) is 0 Å². The summed E-state index contributed by atoms with van der Waals surface area (Å²) in [6.07, 6.45) is 0. The van der Waals surface area contributed by atoms with Gasteiger partial charge < -0.3 is 5.73 Å². The lowest BCUT2D eigenvalue weighted by atomic mass is 10.2. The summed E-state index contributed by atoms with van der Waals surface area (Å²) in [6.45, 7) is 1.03. The molecule has 0 unspecified atom stereocenters. The van der Waals surface area contributed by atoms with Crippen LogP contribution in [0.15, 0.2) is 34.8 Å². The number of rotatable bonds is 3. The normalized spacial score (nSPS) is 11.1. The average Bonchev–Trinajstić information content (AvgIpc) is 2.86. The Kier molecular flexibility index (Phi) is 3.22. The minimum atomic E-state index is 0.475. The predicted octanol–water partition coefficient (Wildman–Crippen LogP) is 1.61. The van der Waals surface area contributed by atoms with E-state index < -0.39 is 0 Å². The van der Waals surface area contributed by atoms with E-state index in [-0.39, 0.29) is 0 Å². The Labute approximate surface area is 117 Å². The highest BCUT2D eigenvalue weighted by Gasteiger charge is 2.14. The highest BCUT2D eigenvalue weighted by atomic mass is 79.9. The van der Waals surface area contributed by atoms with Crippen LogP contribution in [0.25, 0.3) is 22.4 Å². The van der Waals surface area contributed by atoms with Gasteiger partial charge in [0.2, 0.25) is 5.82 Å². The highest BCUT2D eigenvalue weighted by molar-refractivity contribution is 9.10. The maximum atomic E-state index is 5.55. The Hall–Kier alpha value is -1.86. The summed E-state index contributed by atoms with van der Waals surface area (Å²) in [7, 11) is 0. The van der Waals surface area contributed by atoms with Crippen molar-refractivity contribution >= 4 is 26.8 Å². The number of pyridine rings is 1. The molecule has 0 saturated heterocycles. The standard InChI is InChI=1S/C12H11BrN6/c13-9-7-8-3-1-2-4-10(8)15-11(9)12-16-17-18-19(12)6-5-14/h1-4,7H,5-6,14H2. The van der Waals surface area contributed by atoms with Crippen molar-refractivity contribution in [2.75, 3.05) is 6.54 Å². The van der Waals surface area contributed by atoms with E-state index in [2.05, 4.69) is 36.4 Å². The van der Waals surface area contributed by atoms with Gasteiger partial charge in [-0.05, 0) is 38.5 Å². The minimum Gasteiger partial charge on any atom is -0.329 e. The fraction of sp³-hybridized carbons (Fsp3) is 0.167. The molecule has 0 aliphatic heterocycles. The van der Waals surface area contributed by atoms with Gasteiger partial charge >= 0.3 is 0 Å². The largest absolute Gasteiger partial charge is 0.329 e. The molecule has 0 amide bonds. The quantitative estimate of drug-likeness (QED) is 0.793. The first-order valence-electron chi connectivity index (χ1n) is 5.81. The van der Waals surface area contributed by atoms with Crippen molar-refractivity contribution in [2.24, 2.45) is 5.73 Å². The first kappa shape index (κ1) is 12.2. The van der Waals surface area contributed by atoms with E-state index in [1.54, 1.807) is 4.68 Å². The third-order valence-corrected chi connectivity index (χ3v) is 3.37. The zero-order valence-corrected chi connectivity index (χ0v) is 11.6. The maximum Gasteiger partial charge on any atom is 0.201 e. The number of hydrogen-bond acceptors (Lipinski definition) is 5. The summed E-state index contributed by atoms with van der Waals surface area (Å²) >= 11 is 3.52. The SMILES string of the molecule is NCCn1nnnc1-c1nc2ccccc2cc1Br. The Balaban J connectivity index is 2.18. The molecule has 1 aromatic carbocycles. The predicted molar refractivity (Wildman–Crippen MR) is 75.3 cm³/mol. The van der Waals surface area contributed by atoms with E-state index in [1.807, 2.05) is 30.3 Å². The van der Waals surface area contributed by atoms with Gasteiger partial charge in [-0.3, -0.25) is 0 Å². The second-order valence-electron chi connectivity index (χ2n) is 4.03. The number of aromatic nitrogens is 5. The summed E-state index contributed by atoms with van der Waals surface area (Å²) in [6, 6.07) is 9.92. The smallest absolute Gasteiger partial charge is 0.201 e. The monoisotopic (exact) mass is 318 g/mol. The maximum absolute atomic E-state index is 5.55. The van der Waals surface area contributed by atoms with Crippen molar-refractivity contribution in [3.63, 3.8) is 0 Å². The van der Waals surface area contributed by atoms with E-state index >= 15 is 0 Å². The Bertz CT molecular complexity index is 723. The fourth-order valence-electron chi connectivity index (χ4n) is 1.89. The first-order valence-corrected chi connectivity index (χ1v) is 6.61. The molecule has 0 fully saturated rings. The topological polar surface area (TPSA) is 82.5 Å². The van der Waals surface area contributed by atoms with Gasteiger partial charge in [0.1, 0.15) is 5.69 Å². The van der Waals surface area contributed by atoms with Crippen LogP contribution in [-0.4, -0.2) is 31.7 Å². The molecule has 0 atom stereocenters. The van der Waals surface area contributed by atoms with Gasteiger partial charge in [-0.25, -0.2) is 9.67 Å². The lowest BCUT2D eigenvalue weighted by Crippen LogP contribution is -2.12. The van der Waals surface area contributed by atoms with Crippen LogP contribution < -0.4 is 5.73 Å². The molecule has 0 aliphatic rings. The third kappa shape index (κ3) is 2.22. The number of halogens is 1. The van der Waals surface area contributed by atoms with Gasteiger partial charge in [0.15, 0.2) is 0 Å². The van der Waals surface area contributed by atoms with Crippen LogP contribution >= 0.6 is 15.9 Å². The van der Waals surface area contributed by atoms with Crippen molar-refractivity contribution in [2.45, 2.75) is 6.54 Å². The second kappa shape index (κ2) is 5.02. The van der Waals surface area contributed by atoms with E-state index in [9.17, 15) is 0 Å². The summed E-state index contributed by atoms with van der Waals surface area (Å²) in [5, 5.41) is 12.7. The Morgan fingerprint density at radius 2 is 2.11 bits per heavy atom. The molecule has 2 N–H and O–H groups in total. The van der Waals surface area contributed by atoms with E-state index in [0.29, 0.717) is 18.9 Å². The summed E-state index contributed by atoms with van der Waals surface area (Å²) in [5.41, 5.74) is 7.17. The van der Waals surface area contributed by atoms with Crippen LogP contribution in [0.3, 0.4) is 0 Å². The van der Waals surface area contributed by atoms with Gasteiger partial charge in [0, 0.05) is 16.4 Å². The molecular formula is C12H11BrN6. The van der Waals surface area contributed by atoms with Gasteiger partial charge in [0.25, 0.3) is 0 Å². The molecule has 6 nitrogen and oxygen atoms in total. The number of benzene rings is 1. The van der Waals surface area contributed by atoms with Crippen molar-refractivity contribution in [1.82, 2.24) is 25.2 Å². The molecule has 0 spiro atoms. The van der Waals surface area contributed by atoms with Crippen molar-refractivity contribution < 1.29 is 0 Å². The van der Waals surface area contributed by atoms with Crippen molar-refractivity contribution in [3.05, 3.63) is 34.8 Å². The van der Waals surface area contributed by atoms with E-state index in [0.717, 1.165) is 21.1 Å². The van der Waals surface area contributed by atoms with Crippen molar-refractivity contribution in [1.29, 1.82) is 0 Å². The molecule has 19 heavy (non-hydrogen) atoms. The summed E-state index contributed by atoms with van der Waals surface area (Å²) in [5.74, 6) is 0.614. The molecule has 3 rings (SSSR count). The van der Waals surface area contributed by atoms with Crippen LogP contribution in [0.1, 0.15) is 0 Å². The number of para-hydroxylation sites is 1. The summed E-state index contributed by atoms with van der Waals surface area (Å²) in [4.78, 5) is 4.61. The molecule has 2 aromatic heterocycles. The van der Waals surface area contributed by atoms with E-state index in [4.69, 9.17) is 5.73 Å². The fourth-order valence-corrected chi connectivity index (χ4v) is 2.41. The molecule has 0 saturated carbocycles. The number of fused-ring (bicyclic) bond motifs is 1. The molecule has 0 bridgehead atoms. The van der Waals surface area contributed by atoms with Crippen molar-refractivity contribution in [3.8, 4) is 11.5 Å². The molecule has 3 aromatic rings. The highest BCUT2D eigenvalue weighted by Crippen LogP contribution is 2.27.